The van der Waals surface area contributed by atoms with E-state index in [4.69, 9.17) is 11.6 Å². The lowest BCUT2D eigenvalue weighted by molar-refractivity contribution is 0.718. The fourth-order valence-electron chi connectivity index (χ4n) is 1.02. The molecular formula is C8H13ClN2S. The smallest absolute Gasteiger partial charge is 0.118 e. The number of aryl methyl sites for hydroxylation is 1. The summed E-state index contributed by atoms with van der Waals surface area (Å²) < 4.78 is 0. The Bertz CT molecular complexity index is 237. The van der Waals surface area contributed by atoms with E-state index in [2.05, 4.69) is 17.1 Å². The van der Waals surface area contributed by atoms with Crippen molar-refractivity contribution in [2.75, 3.05) is 0 Å². The summed E-state index contributed by atoms with van der Waals surface area (Å²) in [6, 6.07) is 0. The molecule has 1 heterocycles. The Morgan fingerprint density at radius 2 is 2.25 bits per heavy atom. The molecule has 1 atom stereocenters. The zero-order valence-electron chi connectivity index (χ0n) is 7.38. The molecular weight excluding hydrogens is 192 g/mol. The summed E-state index contributed by atoms with van der Waals surface area (Å²) in [4.78, 5) is 0. The molecule has 0 aliphatic heterocycles. The second-order valence-electron chi connectivity index (χ2n) is 2.80. The van der Waals surface area contributed by atoms with E-state index in [1.54, 1.807) is 11.3 Å². The van der Waals surface area contributed by atoms with Gasteiger partial charge in [-0.05, 0) is 13.3 Å². The van der Waals surface area contributed by atoms with E-state index < -0.39 is 0 Å². The lowest BCUT2D eigenvalue weighted by Gasteiger charge is -2.02. The molecule has 1 unspecified atom stereocenters. The van der Waals surface area contributed by atoms with Crippen molar-refractivity contribution in [2.24, 2.45) is 0 Å². The molecule has 0 aliphatic rings. The SMILES string of the molecule is CCCC(Cl)Cc1nnc(C)s1. The van der Waals surface area contributed by atoms with Gasteiger partial charge in [0.25, 0.3) is 0 Å². The molecule has 0 saturated carbocycles. The minimum Gasteiger partial charge on any atom is -0.144 e. The van der Waals surface area contributed by atoms with Gasteiger partial charge in [-0.2, -0.15) is 0 Å². The van der Waals surface area contributed by atoms with E-state index in [0.29, 0.717) is 0 Å². The highest BCUT2D eigenvalue weighted by molar-refractivity contribution is 7.11. The first kappa shape index (κ1) is 9.93. The quantitative estimate of drug-likeness (QED) is 0.705. The summed E-state index contributed by atoms with van der Waals surface area (Å²) in [5.74, 6) is 0. The van der Waals surface area contributed by atoms with Crippen molar-refractivity contribution in [2.45, 2.75) is 38.5 Å². The normalized spacial score (nSPS) is 13.2. The van der Waals surface area contributed by atoms with Crippen LogP contribution in [0.15, 0.2) is 0 Å². The van der Waals surface area contributed by atoms with Crippen molar-refractivity contribution in [1.82, 2.24) is 10.2 Å². The first-order valence-electron chi connectivity index (χ1n) is 4.15. The van der Waals surface area contributed by atoms with Gasteiger partial charge in [0, 0.05) is 11.8 Å². The monoisotopic (exact) mass is 204 g/mol. The van der Waals surface area contributed by atoms with Crippen LogP contribution in [0, 0.1) is 6.92 Å². The van der Waals surface area contributed by atoms with Crippen LogP contribution in [0.25, 0.3) is 0 Å². The zero-order valence-corrected chi connectivity index (χ0v) is 8.95. The molecule has 1 rings (SSSR count). The molecule has 1 aromatic heterocycles. The molecule has 0 aliphatic carbocycles. The Morgan fingerprint density at radius 3 is 2.75 bits per heavy atom. The van der Waals surface area contributed by atoms with Gasteiger partial charge in [-0.25, -0.2) is 0 Å². The molecule has 0 aromatic carbocycles. The van der Waals surface area contributed by atoms with Crippen LogP contribution in [-0.4, -0.2) is 15.6 Å². The van der Waals surface area contributed by atoms with Crippen LogP contribution in [0.5, 0.6) is 0 Å². The largest absolute Gasteiger partial charge is 0.144 e. The predicted octanol–water partition coefficient (Wildman–Crippen LogP) is 2.80. The van der Waals surface area contributed by atoms with E-state index in [9.17, 15) is 0 Å². The Hall–Kier alpha value is -0.150. The third kappa shape index (κ3) is 3.07. The van der Waals surface area contributed by atoms with Crippen LogP contribution in [0.3, 0.4) is 0 Å². The van der Waals surface area contributed by atoms with Gasteiger partial charge in [0.05, 0.1) is 0 Å². The van der Waals surface area contributed by atoms with Crippen molar-refractivity contribution in [3.05, 3.63) is 10.0 Å². The maximum atomic E-state index is 6.06. The molecule has 12 heavy (non-hydrogen) atoms. The summed E-state index contributed by atoms with van der Waals surface area (Å²) >= 11 is 7.70. The van der Waals surface area contributed by atoms with E-state index in [-0.39, 0.29) is 5.38 Å². The van der Waals surface area contributed by atoms with Crippen LogP contribution in [0.4, 0.5) is 0 Å². The standard InChI is InChI=1S/C8H13ClN2S/c1-3-4-7(9)5-8-11-10-6(2)12-8/h7H,3-5H2,1-2H3. The fraction of sp³-hybridized carbons (Fsp3) is 0.750. The lowest BCUT2D eigenvalue weighted by atomic mass is 10.2. The molecule has 0 saturated heterocycles. The van der Waals surface area contributed by atoms with Crippen LogP contribution in [0.2, 0.25) is 0 Å². The topological polar surface area (TPSA) is 25.8 Å². The molecule has 0 amide bonds. The molecule has 0 fully saturated rings. The van der Waals surface area contributed by atoms with E-state index in [1.165, 1.54) is 0 Å². The van der Waals surface area contributed by atoms with Gasteiger partial charge < -0.3 is 0 Å². The third-order valence-corrected chi connectivity index (χ3v) is 2.80. The molecule has 1 aromatic rings. The second-order valence-corrected chi connectivity index (χ2v) is 4.69. The summed E-state index contributed by atoms with van der Waals surface area (Å²) in [5, 5.41) is 10.3. The summed E-state index contributed by atoms with van der Waals surface area (Å²) in [5.41, 5.74) is 0. The van der Waals surface area contributed by atoms with Crippen molar-refractivity contribution in [3.63, 3.8) is 0 Å². The van der Waals surface area contributed by atoms with Crippen LogP contribution < -0.4 is 0 Å². The number of alkyl halides is 1. The summed E-state index contributed by atoms with van der Waals surface area (Å²) in [6.45, 7) is 4.10. The number of hydrogen-bond donors (Lipinski definition) is 0. The Balaban J connectivity index is 2.41. The molecule has 0 spiro atoms. The Morgan fingerprint density at radius 1 is 1.50 bits per heavy atom. The second kappa shape index (κ2) is 4.77. The molecule has 4 heteroatoms. The molecule has 2 nitrogen and oxygen atoms in total. The highest BCUT2D eigenvalue weighted by Crippen LogP contribution is 2.15. The number of nitrogens with zero attached hydrogens (tertiary/aromatic N) is 2. The lowest BCUT2D eigenvalue weighted by Crippen LogP contribution is -2.01. The summed E-state index contributed by atoms with van der Waals surface area (Å²) in [7, 11) is 0. The van der Waals surface area contributed by atoms with Crippen molar-refractivity contribution in [3.8, 4) is 0 Å². The molecule has 0 N–H and O–H groups in total. The minimum atomic E-state index is 0.224. The van der Waals surface area contributed by atoms with Crippen LogP contribution in [0.1, 0.15) is 29.8 Å². The highest BCUT2D eigenvalue weighted by atomic mass is 35.5. The van der Waals surface area contributed by atoms with Gasteiger partial charge in [0.15, 0.2) is 0 Å². The first-order valence-corrected chi connectivity index (χ1v) is 5.40. The average molecular weight is 205 g/mol. The summed E-state index contributed by atoms with van der Waals surface area (Å²) in [6.07, 6.45) is 3.05. The van der Waals surface area contributed by atoms with Gasteiger partial charge in [0.2, 0.25) is 0 Å². The van der Waals surface area contributed by atoms with Crippen LogP contribution >= 0.6 is 22.9 Å². The maximum Gasteiger partial charge on any atom is 0.118 e. The zero-order chi connectivity index (χ0) is 8.97. The molecule has 0 radical (unpaired) electrons. The van der Waals surface area contributed by atoms with Gasteiger partial charge in [-0.15, -0.1) is 33.1 Å². The highest BCUT2D eigenvalue weighted by Gasteiger charge is 2.07. The van der Waals surface area contributed by atoms with Crippen LogP contribution in [-0.2, 0) is 6.42 Å². The van der Waals surface area contributed by atoms with Gasteiger partial charge >= 0.3 is 0 Å². The Labute approximate surface area is 82.0 Å². The van der Waals surface area contributed by atoms with E-state index >= 15 is 0 Å². The van der Waals surface area contributed by atoms with Crippen molar-refractivity contribution in [1.29, 1.82) is 0 Å². The average Bonchev–Trinajstić information content (AvgIpc) is 2.36. The third-order valence-electron chi connectivity index (χ3n) is 1.57. The molecule has 0 bridgehead atoms. The minimum absolute atomic E-state index is 0.224. The first-order chi connectivity index (χ1) is 5.72. The number of hydrogen-bond acceptors (Lipinski definition) is 3. The van der Waals surface area contributed by atoms with Gasteiger partial charge in [0.1, 0.15) is 10.0 Å². The maximum absolute atomic E-state index is 6.06. The number of halogens is 1. The predicted molar refractivity (Wildman–Crippen MR) is 52.9 cm³/mol. The Kier molecular flexibility index (Phi) is 3.95. The molecule has 68 valence electrons. The van der Waals surface area contributed by atoms with Gasteiger partial charge in [-0.3, -0.25) is 0 Å². The van der Waals surface area contributed by atoms with Gasteiger partial charge in [-0.1, -0.05) is 13.3 Å². The van der Waals surface area contributed by atoms with Crippen molar-refractivity contribution < 1.29 is 0 Å². The van der Waals surface area contributed by atoms with E-state index in [0.717, 1.165) is 29.3 Å². The fourth-order valence-corrected chi connectivity index (χ4v) is 2.27. The van der Waals surface area contributed by atoms with Crippen molar-refractivity contribution >= 4 is 22.9 Å². The number of aromatic nitrogens is 2. The number of rotatable bonds is 4. The van der Waals surface area contributed by atoms with E-state index in [1.807, 2.05) is 6.92 Å².